The first-order valence-electron chi connectivity index (χ1n) is 7.14. The van der Waals surface area contributed by atoms with Crippen molar-refractivity contribution in [3.63, 3.8) is 0 Å². The molecule has 0 bridgehead atoms. The fraction of sp³-hybridized carbons (Fsp3) is 0.125. The summed E-state index contributed by atoms with van der Waals surface area (Å²) in [5, 5.41) is 12.5. The number of aromatic carboxylic acids is 1. The molecule has 0 fully saturated rings. The monoisotopic (exact) mass is 377 g/mol. The van der Waals surface area contributed by atoms with Gasteiger partial charge in [0.2, 0.25) is 5.91 Å². The lowest BCUT2D eigenvalue weighted by atomic mass is 10.2. The first-order chi connectivity index (χ1) is 11.9. The Bertz CT molecular complexity index is 1060. The summed E-state index contributed by atoms with van der Waals surface area (Å²) in [5.74, 6) is -1.53. The van der Waals surface area contributed by atoms with Crippen molar-refractivity contribution in [3.8, 4) is 0 Å². The smallest absolute Gasteiger partial charge is 0.346 e. The number of rotatable bonds is 4. The van der Waals surface area contributed by atoms with Gasteiger partial charge in [0.1, 0.15) is 16.3 Å². The Labute approximate surface area is 150 Å². The number of nitrogens with one attached hydrogen (secondary N) is 1. The predicted molar refractivity (Wildman–Crippen MR) is 95.7 cm³/mol. The van der Waals surface area contributed by atoms with Crippen LogP contribution < -0.4 is 10.9 Å². The van der Waals surface area contributed by atoms with Crippen LogP contribution in [0.2, 0.25) is 5.02 Å². The van der Waals surface area contributed by atoms with Crippen LogP contribution in [-0.4, -0.2) is 26.5 Å². The number of aryl methyl sites for hydroxylation is 1. The van der Waals surface area contributed by atoms with Gasteiger partial charge < -0.3 is 10.4 Å². The molecule has 0 saturated carbocycles. The zero-order chi connectivity index (χ0) is 18.1. The molecule has 0 spiro atoms. The molecule has 7 nitrogen and oxygen atoms in total. The van der Waals surface area contributed by atoms with Crippen molar-refractivity contribution in [1.82, 2.24) is 9.55 Å². The van der Waals surface area contributed by atoms with E-state index in [1.165, 1.54) is 6.33 Å². The number of carboxylic acid groups (broad SMARTS) is 1. The van der Waals surface area contributed by atoms with Crippen molar-refractivity contribution in [2.75, 3.05) is 5.32 Å². The highest BCUT2D eigenvalue weighted by Crippen LogP contribution is 2.26. The Morgan fingerprint density at radius 2 is 2.16 bits per heavy atom. The molecule has 128 valence electrons. The maximum absolute atomic E-state index is 12.6. The van der Waals surface area contributed by atoms with E-state index in [0.29, 0.717) is 21.1 Å². The molecule has 0 atom stereocenters. The molecule has 0 aliphatic rings. The first-order valence-corrected chi connectivity index (χ1v) is 8.33. The van der Waals surface area contributed by atoms with E-state index in [-0.39, 0.29) is 16.8 Å². The van der Waals surface area contributed by atoms with Gasteiger partial charge in [-0.05, 0) is 30.7 Å². The average Bonchev–Trinajstić information content (AvgIpc) is 2.88. The van der Waals surface area contributed by atoms with E-state index in [4.69, 9.17) is 16.7 Å². The molecule has 1 aromatic carbocycles. The molecule has 25 heavy (non-hydrogen) atoms. The molecule has 2 aromatic heterocycles. The highest BCUT2D eigenvalue weighted by Gasteiger charge is 2.19. The average molecular weight is 378 g/mol. The Balaban J connectivity index is 1.90. The molecule has 0 unspecified atom stereocenters. The van der Waals surface area contributed by atoms with Crippen molar-refractivity contribution < 1.29 is 14.7 Å². The number of benzene rings is 1. The summed E-state index contributed by atoms with van der Waals surface area (Å²) >= 11 is 6.80. The zero-order valence-corrected chi connectivity index (χ0v) is 14.5. The number of fused-ring (bicyclic) bond motifs is 1. The van der Waals surface area contributed by atoms with Gasteiger partial charge in [-0.25, -0.2) is 9.78 Å². The van der Waals surface area contributed by atoms with Crippen LogP contribution in [0.1, 0.15) is 15.2 Å². The number of nitrogens with zero attached hydrogens (tertiary/aromatic N) is 2. The van der Waals surface area contributed by atoms with E-state index in [2.05, 4.69) is 10.3 Å². The minimum Gasteiger partial charge on any atom is -0.477 e. The van der Waals surface area contributed by atoms with Gasteiger partial charge in [0.05, 0.1) is 11.7 Å². The Hall–Kier alpha value is -2.71. The van der Waals surface area contributed by atoms with Crippen molar-refractivity contribution in [2.45, 2.75) is 13.5 Å². The molecule has 2 heterocycles. The van der Waals surface area contributed by atoms with Crippen LogP contribution in [0.4, 0.5) is 5.69 Å². The summed E-state index contributed by atoms with van der Waals surface area (Å²) in [6, 6.07) is 6.64. The zero-order valence-electron chi connectivity index (χ0n) is 12.9. The van der Waals surface area contributed by atoms with E-state index in [1.807, 2.05) is 0 Å². The summed E-state index contributed by atoms with van der Waals surface area (Å²) in [6.07, 6.45) is 1.24. The summed E-state index contributed by atoms with van der Waals surface area (Å²) in [7, 11) is 0. The number of aromatic nitrogens is 2. The highest BCUT2D eigenvalue weighted by atomic mass is 35.5. The largest absolute Gasteiger partial charge is 0.477 e. The molecule has 9 heteroatoms. The fourth-order valence-corrected chi connectivity index (χ4v) is 3.57. The second-order valence-corrected chi connectivity index (χ2v) is 6.71. The summed E-state index contributed by atoms with van der Waals surface area (Å²) in [5.41, 5.74) is 0.418. The first kappa shape index (κ1) is 17.1. The minimum absolute atomic E-state index is 0.0701. The standard InChI is InChI=1S/C16H12ClN3O4S/c1-8-12-14(25-13(8)16(23)24)18-7-20(15(12)22)6-11(21)19-10-4-2-3-9(17)5-10/h2-5,7H,6H2,1H3,(H,19,21)(H,23,24). The maximum atomic E-state index is 12.6. The number of hydrogen-bond acceptors (Lipinski definition) is 5. The summed E-state index contributed by atoms with van der Waals surface area (Å²) in [6.45, 7) is 1.31. The fourth-order valence-electron chi connectivity index (χ4n) is 2.40. The molecule has 3 rings (SSSR count). The van der Waals surface area contributed by atoms with Crippen LogP contribution in [0, 0.1) is 6.92 Å². The van der Waals surface area contributed by atoms with E-state index in [9.17, 15) is 14.4 Å². The van der Waals surface area contributed by atoms with Gasteiger partial charge in [-0.2, -0.15) is 0 Å². The number of hydrogen-bond donors (Lipinski definition) is 2. The third kappa shape index (κ3) is 3.40. The van der Waals surface area contributed by atoms with E-state index < -0.39 is 17.4 Å². The van der Waals surface area contributed by atoms with E-state index >= 15 is 0 Å². The number of anilines is 1. The number of carboxylic acids is 1. The maximum Gasteiger partial charge on any atom is 0.346 e. The topological polar surface area (TPSA) is 101 Å². The number of amides is 1. The molecule has 0 saturated heterocycles. The number of carbonyl (C=O) groups excluding carboxylic acids is 1. The van der Waals surface area contributed by atoms with Crippen LogP contribution in [0.5, 0.6) is 0 Å². The SMILES string of the molecule is Cc1c(C(=O)O)sc2ncn(CC(=O)Nc3cccc(Cl)c3)c(=O)c12. The van der Waals surface area contributed by atoms with E-state index in [0.717, 1.165) is 15.9 Å². The molecule has 3 aromatic rings. The van der Waals surface area contributed by atoms with Crippen molar-refractivity contribution in [1.29, 1.82) is 0 Å². The highest BCUT2D eigenvalue weighted by molar-refractivity contribution is 7.20. The van der Waals surface area contributed by atoms with Crippen molar-refractivity contribution in [2.24, 2.45) is 0 Å². The lowest BCUT2D eigenvalue weighted by molar-refractivity contribution is -0.116. The van der Waals surface area contributed by atoms with Crippen LogP contribution in [-0.2, 0) is 11.3 Å². The van der Waals surface area contributed by atoms with Gasteiger partial charge in [-0.15, -0.1) is 11.3 Å². The number of halogens is 1. The van der Waals surface area contributed by atoms with Gasteiger partial charge in [0.25, 0.3) is 5.56 Å². The van der Waals surface area contributed by atoms with Crippen LogP contribution in [0.15, 0.2) is 35.4 Å². The lowest BCUT2D eigenvalue weighted by Crippen LogP contribution is -2.27. The minimum atomic E-state index is -1.11. The normalized spacial score (nSPS) is 10.8. The molecule has 0 aliphatic carbocycles. The third-order valence-corrected chi connectivity index (χ3v) is 4.96. The van der Waals surface area contributed by atoms with Crippen molar-refractivity contribution in [3.05, 3.63) is 56.4 Å². The Kier molecular flexibility index (Phi) is 4.56. The van der Waals surface area contributed by atoms with Gasteiger partial charge in [-0.1, -0.05) is 17.7 Å². The van der Waals surface area contributed by atoms with Crippen LogP contribution in [0.25, 0.3) is 10.2 Å². The number of carbonyl (C=O) groups is 2. The van der Waals surface area contributed by atoms with Crippen molar-refractivity contribution >= 4 is 50.7 Å². The molecule has 0 aliphatic heterocycles. The second kappa shape index (κ2) is 6.66. The molecule has 1 amide bonds. The quantitative estimate of drug-likeness (QED) is 0.728. The van der Waals surface area contributed by atoms with Crippen LogP contribution in [0.3, 0.4) is 0 Å². The van der Waals surface area contributed by atoms with Gasteiger partial charge in [0.15, 0.2) is 0 Å². The number of thiophene rings is 1. The van der Waals surface area contributed by atoms with E-state index in [1.54, 1.807) is 31.2 Å². The summed E-state index contributed by atoms with van der Waals surface area (Å²) < 4.78 is 1.15. The Morgan fingerprint density at radius 1 is 1.40 bits per heavy atom. The van der Waals surface area contributed by atoms with Gasteiger partial charge >= 0.3 is 5.97 Å². The third-order valence-electron chi connectivity index (χ3n) is 3.53. The lowest BCUT2D eigenvalue weighted by Gasteiger charge is -2.07. The van der Waals surface area contributed by atoms with Gasteiger partial charge in [0, 0.05) is 10.7 Å². The van der Waals surface area contributed by atoms with Crippen LogP contribution >= 0.6 is 22.9 Å². The molecule has 0 radical (unpaired) electrons. The summed E-state index contributed by atoms with van der Waals surface area (Å²) in [4.78, 5) is 40.4. The molecular weight excluding hydrogens is 366 g/mol. The molecular formula is C16H12ClN3O4S. The second-order valence-electron chi connectivity index (χ2n) is 5.28. The van der Waals surface area contributed by atoms with Gasteiger partial charge in [-0.3, -0.25) is 14.2 Å². The Morgan fingerprint density at radius 3 is 2.84 bits per heavy atom. The molecule has 2 N–H and O–H groups in total. The predicted octanol–water partition coefficient (Wildman–Crippen LogP) is 2.76.